The van der Waals surface area contributed by atoms with Gasteiger partial charge in [-0.1, -0.05) is 78.4 Å². The van der Waals surface area contributed by atoms with Crippen LogP contribution in [0.2, 0.25) is 0 Å². The molecule has 286 valence electrons. The molecule has 0 aliphatic heterocycles. The summed E-state index contributed by atoms with van der Waals surface area (Å²) in [5.41, 5.74) is 6.68. The van der Waals surface area contributed by atoms with Crippen LogP contribution in [-0.2, 0) is 51.7 Å². The highest BCUT2D eigenvalue weighted by Crippen LogP contribution is 2.14. The largest absolute Gasteiger partial charge is 0.467 e. The number of carbonyl (C=O) groups is 5. The van der Waals surface area contributed by atoms with Crippen molar-refractivity contribution in [1.82, 2.24) is 20.7 Å². The second-order valence-corrected chi connectivity index (χ2v) is 14.4. The van der Waals surface area contributed by atoms with Crippen molar-refractivity contribution in [3.05, 3.63) is 102 Å². The number of carbonyl (C=O) groups excluding carboxylic acids is 5. The summed E-state index contributed by atoms with van der Waals surface area (Å²) in [6.07, 6.45) is 1.20. The number of nitrogens with one attached hydrogen (secondary N) is 4. The zero-order valence-corrected chi connectivity index (χ0v) is 30.9. The monoisotopic (exact) mass is 751 g/mol. The third-order valence-electron chi connectivity index (χ3n) is 8.38. The van der Waals surface area contributed by atoms with Crippen molar-refractivity contribution in [2.24, 2.45) is 5.73 Å². The lowest BCUT2D eigenvalue weighted by atomic mass is 9.93. The number of hydrogen-bond donors (Lipinski definition) is 5. The molecular weight excluding hydrogens is 703 g/mol. The third kappa shape index (κ3) is 14.4. The van der Waals surface area contributed by atoms with Gasteiger partial charge in [-0.05, 0) is 68.7 Å². The molecule has 15 heteroatoms. The quantitative estimate of drug-likeness (QED) is 0.0439. The molecule has 14 nitrogen and oxygen atoms in total. The van der Waals surface area contributed by atoms with Crippen molar-refractivity contribution < 1.29 is 41.9 Å². The summed E-state index contributed by atoms with van der Waals surface area (Å²) in [5, 5.41) is 7.90. The molecule has 3 amide bonds. The molecule has 0 aliphatic carbocycles. The maximum Gasteiger partial charge on any atom is 0.407 e. The number of ether oxygens (including phenoxy) is 2. The summed E-state index contributed by atoms with van der Waals surface area (Å²) < 4.78 is 37.7. The van der Waals surface area contributed by atoms with Crippen molar-refractivity contribution in [2.75, 3.05) is 20.2 Å². The summed E-state index contributed by atoms with van der Waals surface area (Å²) in [5.74, 6) is -2.29. The zero-order valence-electron chi connectivity index (χ0n) is 30.0. The number of methoxy groups -OCH3 is 1. The Labute approximate surface area is 310 Å². The second kappa shape index (κ2) is 21.4. The van der Waals surface area contributed by atoms with E-state index in [9.17, 15) is 32.4 Å². The smallest absolute Gasteiger partial charge is 0.407 e. The van der Waals surface area contributed by atoms with Crippen molar-refractivity contribution in [1.29, 1.82) is 0 Å². The van der Waals surface area contributed by atoms with Crippen LogP contribution in [0, 0.1) is 6.92 Å². The normalized spacial score (nSPS) is 13.4. The number of aldehydes is 1. The van der Waals surface area contributed by atoms with E-state index in [4.69, 9.17) is 15.2 Å². The molecule has 0 unspecified atom stereocenters. The van der Waals surface area contributed by atoms with Crippen LogP contribution in [0.3, 0.4) is 0 Å². The number of aryl methyl sites for hydroxylation is 1. The summed E-state index contributed by atoms with van der Waals surface area (Å²) in [7, 11) is -2.55. The van der Waals surface area contributed by atoms with Gasteiger partial charge in [-0.15, -0.1) is 0 Å². The average Bonchev–Trinajstić information content (AvgIpc) is 3.16. The number of alkyl carbamates (subject to hydrolysis) is 1. The fourth-order valence-electron chi connectivity index (χ4n) is 5.23. The number of hydrogen-bond acceptors (Lipinski definition) is 10. The molecule has 0 fully saturated rings. The maximum absolute atomic E-state index is 13.6. The molecule has 0 spiro atoms. The highest BCUT2D eigenvalue weighted by atomic mass is 32.2. The Morgan fingerprint density at radius 3 is 2.06 bits per heavy atom. The van der Waals surface area contributed by atoms with Crippen LogP contribution in [0.1, 0.15) is 55.2 Å². The van der Waals surface area contributed by atoms with Crippen molar-refractivity contribution in [3.63, 3.8) is 0 Å². The predicted molar refractivity (Wildman–Crippen MR) is 198 cm³/mol. The van der Waals surface area contributed by atoms with Gasteiger partial charge in [0.15, 0.2) is 5.54 Å². The van der Waals surface area contributed by atoms with E-state index in [1.54, 1.807) is 42.5 Å². The molecule has 3 aromatic carbocycles. The summed E-state index contributed by atoms with van der Waals surface area (Å²) in [6, 6.07) is 22.2. The van der Waals surface area contributed by atoms with Crippen LogP contribution < -0.4 is 26.4 Å². The molecule has 3 atom stereocenters. The van der Waals surface area contributed by atoms with E-state index in [0.717, 1.165) is 11.1 Å². The summed E-state index contributed by atoms with van der Waals surface area (Å²) >= 11 is 0. The number of amides is 3. The van der Waals surface area contributed by atoms with Crippen LogP contribution in [-0.4, -0.2) is 76.4 Å². The van der Waals surface area contributed by atoms with E-state index < -0.39 is 51.5 Å². The van der Waals surface area contributed by atoms with Crippen LogP contribution in [0.4, 0.5) is 4.79 Å². The van der Waals surface area contributed by atoms with E-state index in [0.29, 0.717) is 24.7 Å². The minimum absolute atomic E-state index is 0.0248. The lowest BCUT2D eigenvalue weighted by molar-refractivity contribution is -0.145. The summed E-state index contributed by atoms with van der Waals surface area (Å²) in [6.45, 7) is 2.29. The van der Waals surface area contributed by atoms with Crippen LogP contribution >= 0.6 is 0 Å². The first-order valence-electron chi connectivity index (χ1n) is 17.4. The van der Waals surface area contributed by atoms with E-state index in [1.807, 2.05) is 37.3 Å². The molecule has 3 rings (SSSR count). The molecule has 0 bridgehead atoms. The molecule has 0 aliphatic rings. The van der Waals surface area contributed by atoms with Crippen molar-refractivity contribution >= 4 is 40.2 Å². The predicted octanol–water partition coefficient (Wildman–Crippen LogP) is 2.82. The molecule has 53 heavy (non-hydrogen) atoms. The third-order valence-corrected chi connectivity index (χ3v) is 9.86. The highest BCUT2D eigenvalue weighted by molar-refractivity contribution is 7.89. The van der Waals surface area contributed by atoms with Gasteiger partial charge >= 0.3 is 12.1 Å². The minimum Gasteiger partial charge on any atom is -0.467 e. The van der Waals surface area contributed by atoms with Crippen LogP contribution in [0.15, 0.2) is 89.8 Å². The van der Waals surface area contributed by atoms with E-state index in [2.05, 4.69) is 20.7 Å². The maximum atomic E-state index is 13.6. The van der Waals surface area contributed by atoms with Gasteiger partial charge in [-0.3, -0.25) is 9.59 Å². The summed E-state index contributed by atoms with van der Waals surface area (Å²) in [4.78, 5) is 64.0. The molecule has 0 saturated heterocycles. The topological polar surface area (TPSA) is 212 Å². The fraction of sp³-hybridized carbons (Fsp3) is 0.395. The first-order chi connectivity index (χ1) is 25.4. The first-order valence-corrected chi connectivity index (χ1v) is 18.8. The van der Waals surface area contributed by atoms with E-state index >= 15 is 0 Å². The van der Waals surface area contributed by atoms with E-state index in [-0.39, 0.29) is 56.7 Å². The molecule has 0 heterocycles. The molecule has 6 N–H and O–H groups in total. The lowest BCUT2D eigenvalue weighted by Crippen LogP contribution is -2.61. The number of benzene rings is 3. The van der Waals surface area contributed by atoms with Crippen molar-refractivity contribution in [3.8, 4) is 0 Å². The van der Waals surface area contributed by atoms with Gasteiger partial charge in [0.05, 0.1) is 12.0 Å². The van der Waals surface area contributed by atoms with Crippen LogP contribution in [0.5, 0.6) is 0 Å². The molecule has 0 aromatic heterocycles. The van der Waals surface area contributed by atoms with Gasteiger partial charge in [0.2, 0.25) is 21.8 Å². The molecular formula is C38H49N5O9S. The number of unbranched alkanes of at least 4 members (excludes halogenated alkanes) is 2. The number of esters is 1. The highest BCUT2D eigenvalue weighted by Gasteiger charge is 2.36. The molecule has 0 saturated carbocycles. The fourth-order valence-corrected chi connectivity index (χ4v) is 6.30. The number of nitrogens with two attached hydrogens (primary N) is 1. The second-order valence-electron chi connectivity index (χ2n) is 12.6. The number of sulfonamides is 1. The zero-order chi connectivity index (χ0) is 38.7. The minimum atomic E-state index is -3.74. The Hall–Kier alpha value is -5.12. The first kappa shape index (κ1) is 42.3. The van der Waals surface area contributed by atoms with E-state index in [1.165, 1.54) is 19.2 Å². The lowest BCUT2D eigenvalue weighted by Gasteiger charge is -2.27. The van der Waals surface area contributed by atoms with Crippen LogP contribution in [0.25, 0.3) is 0 Å². The number of rotatable bonds is 22. The Bertz CT molecular complexity index is 1740. The molecule has 0 radical (unpaired) electrons. The average molecular weight is 752 g/mol. The Kier molecular flexibility index (Phi) is 17.1. The van der Waals surface area contributed by atoms with Gasteiger partial charge in [-0.2, -0.15) is 0 Å². The Balaban J connectivity index is 1.55. The Morgan fingerprint density at radius 1 is 0.811 bits per heavy atom. The SMILES string of the molecule is COC(=O)[C@H](CCCCNC(=O)OCc1ccccc1)NC(=O)[C@H](Cc1ccccc1)NC(=O)[C@@](N)(C=O)CCCCNS(=O)(=O)c1ccc(C)cc1. The Morgan fingerprint density at radius 2 is 1.43 bits per heavy atom. The molecule has 3 aromatic rings. The van der Waals surface area contributed by atoms with Gasteiger partial charge in [0, 0.05) is 19.5 Å². The van der Waals surface area contributed by atoms with Crippen molar-refractivity contribution in [2.45, 2.75) is 81.0 Å². The van der Waals surface area contributed by atoms with Gasteiger partial charge < -0.3 is 36.0 Å². The standard InChI is InChI=1S/C38H49N5O9S/c1-28-18-20-31(21-19-28)53(49,50)41-24-12-10-22-38(39,27-44)36(47)43-33(25-29-13-5-3-6-14-29)34(45)42-32(35(46)51-2)17-9-11-23-40-37(48)52-26-30-15-7-4-8-16-30/h3-8,13-16,18-21,27,32-33,41H,9-12,17,22-26,39H2,1-2H3,(H,40,48)(H,42,45)(H,43,47)/t32-,33-,38-/m0/s1. The van der Waals surface area contributed by atoms with Gasteiger partial charge in [-0.25, -0.2) is 22.7 Å². The van der Waals surface area contributed by atoms with Gasteiger partial charge in [0.1, 0.15) is 25.0 Å². The van der Waals surface area contributed by atoms with Gasteiger partial charge in [0.25, 0.3) is 0 Å².